The van der Waals surface area contributed by atoms with Crippen LogP contribution in [0.3, 0.4) is 0 Å². The van der Waals surface area contributed by atoms with Crippen molar-refractivity contribution in [3.8, 4) is 0 Å². The van der Waals surface area contributed by atoms with E-state index in [9.17, 15) is 14.7 Å². The van der Waals surface area contributed by atoms with Gasteiger partial charge in [0.25, 0.3) is 0 Å². The maximum absolute atomic E-state index is 12.1. The van der Waals surface area contributed by atoms with E-state index >= 15 is 0 Å². The number of carboxylic acid groups (broad SMARTS) is 1. The average molecular weight is 301 g/mol. The topological polar surface area (TPSA) is 102 Å². The van der Waals surface area contributed by atoms with Gasteiger partial charge in [-0.2, -0.15) is 0 Å². The van der Waals surface area contributed by atoms with E-state index in [4.69, 9.17) is 9.84 Å². The van der Waals surface area contributed by atoms with Crippen molar-refractivity contribution in [2.75, 3.05) is 39.3 Å². The highest BCUT2D eigenvalue weighted by Crippen LogP contribution is 2.18. The Morgan fingerprint density at radius 3 is 2.81 bits per heavy atom. The van der Waals surface area contributed by atoms with Gasteiger partial charge in [-0.05, 0) is 6.54 Å². The van der Waals surface area contributed by atoms with Crippen molar-refractivity contribution >= 4 is 12.0 Å². The predicted molar refractivity (Wildman–Crippen MR) is 74.0 cm³/mol. The van der Waals surface area contributed by atoms with Crippen molar-refractivity contribution in [3.05, 3.63) is 0 Å². The van der Waals surface area contributed by atoms with E-state index in [-0.39, 0.29) is 19.1 Å². The molecule has 2 saturated heterocycles. The lowest BCUT2D eigenvalue weighted by molar-refractivity contribution is -0.141. The third-order valence-corrected chi connectivity index (χ3v) is 3.98. The molecule has 8 nitrogen and oxygen atoms in total. The Morgan fingerprint density at radius 2 is 2.14 bits per heavy atom. The monoisotopic (exact) mass is 301 g/mol. The molecule has 21 heavy (non-hydrogen) atoms. The first-order chi connectivity index (χ1) is 10.0. The van der Waals surface area contributed by atoms with Crippen molar-refractivity contribution in [1.29, 1.82) is 0 Å². The van der Waals surface area contributed by atoms with Gasteiger partial charge in [0.1, 0.15) is 6.04 Å². The molecule has 3 N–H and O–H groups in total. The smallest absolute Gasteiger partial charge is 0.326 e. The summed E-state index contributed by atoms with van der Waals surface area (Å²) >= 11 is 0. The lowest BCUT2D eigenvalue weighted by Gasteiger charge is -2.32. The number of urea groups is 1. The zero-order valence-corrected chi connectivity index (χ0v) is 12.2. The van der Waals surface area contributed by atoms with Gasteiger partial charge >= 0.3 is 12.0 Å². The van der Waals surface area contributed by atoms with Crippen LogP contribution in [0.5, 0.6) is 0 Å². The fourth-order valence-electron chi connectivity index (χ4n) is 2.77. The minimum atomic E-state index is -1.09. The normalized spacial score (nSPS) is 30.4. The number of hydrogen-bond donors (Lipinski definition) is 3. The Hall–Kier alpha value is -1.38. The Kier molecular flexibility index (Phi) is 5.38. The largest absolute Gasteiger partial charge is 0.480 e. The highest BCUT2D eigenvalue weighted by atomic mass is 16.5. The second kappa shape index (κ2) is 7.06. The number of aliphatic hydroxyl groups excluding tert-OH is 1. The average Bonchev–Trinajstić information content (AvgIpc) is 2.87. The molecular formula is C13H23N3O5. The summed E-state index contributed by atoms with van der Waals surface area (Å²) in [5.74, 6) is -1.09. The molecule has 0 aromatic heterocycles. The number of rotatable bonds is 4. The van der Waals surface area contributed by atoms with E-state index in [1.807, 2.05) is 0 Å². The molecule has 2 aliphatic heterocycles. The predicted octanol–water partition coefficient (Wildman–Crippen LogP) is -1.06. The number of likely N-dealkylation sites (tertiary alicyclic amines) is 1. The number of β-amino-alcohol motifs (C(OH)–C–C–N with tert-alkyl or cyclic N) is 1. The summed E-state index contributed by atoms with van der Waals surface area (Å²) < 4.78 is 5.58. The molecule has 0 saturated carbocycles. The van der Waals surface area contributed by atoms with Crippen LogP contribution in [0.1, 0.15) is 13.3 Å². The number of carbonyl (C=O) groups excluding carboxylic acids is 1. The molecule has 0 aromatic rings. The molecule has 120 valence electrons. The minimum absolute atomic E-state index is 0.0510. The summed E-state index contributed by atoms with van der Waals surface area (Å²) in [6, 6.07) is -1.42. The molecule has 8 heteroatoms. The van der Waals surface area contributed by atoms with E-state index in [2.05, 4.69) is 17.1 Å². The van der Waals surface area contributed by atoms with Crippen LogP contribution in [0.25, 0.3) is 0 Å². The number of likely N-dealkylation sites (N-methyl/N-ethyl adjacent to an activating group) is 1. The van der Waals surface area contributed by atoms with E-state index in [0.29, 0.717) is 13.2 Å². The molecule has 0 radical (unpaired) electrons. The Labute approximate surface area is 123 Å². The van der Waals surface area contributed by atoms with Crippen molar-refractivity contribution in [2.45, 2.75) is 31.6 Å². The second-order valence-corrected chi connectivity index (χ2v) is 5.47. The van der Waals surface area contributed by atoms with Gasteiger partial charge in [-0.25, -0.2) is 9.59 Å². The number of aliphatic hydroxyl groups is 1. The summed E-state index contributed by atoms with van der Waals surface area (Å²) in [4.78, 5) is 26.6. The first-order valence-electron chi connectivity index (χ1n) is 7.30. The minimum Gasteiger partial charge on any atom is -0.480 e. The Bertz CT molecular complexity index is 392. The van der Waals surface area contributed by atoms with Crippen LogP contribution in [-0.2, 0) is 9.53 Å². The van der Waals surface area contributed by atoms with Crippen molar-refractivity contribution in [1.82, 2.24) is 15.1 Å². The lowest BCUT2D eigenvalue weighted by atomic mass is 10.2. The van der Waals surface area contributed by atoms with E-state index < -0.39 is 24.1 Å². The number of nitrogens with zero attached hydrogens (tertiary/aromatic N) is 2. The van der Waals surface area contributed by atoms with Crippen LogP contribution in [-0.4, -0.2) is 89.6 Å². The number of amides is 2. The fraction of sp³-hybridized carbons (Fsp3) is 0.846. The highest BCUT2D eigenvalue weighted by Gasteiger charge is 2.39. The van der Waals surface area contributed by atoms with Crippen LogP contribution in [0.2, 0.25) is 0 Å². The van der Waals surface area contributed by atoms with Crippen LogP contribution >= 0.6 is 0 Å². The SMILES string of the molecule is CCN1CCOC(CNC(=O)N2C[C@H](O)C[C@@H]2C(=O)O)C1. The quantitative estimate of drug-likeness (QED) is 0.611. The standard InChI is InChI=1S/C13H23N3O5/c1-2-15-3-4-21-10(8-15)6-14-13(20)16-7-9(17)5-11(16)12(18)19/h9-11,17H,2-8H2,1H3,(H,14,20)(H,18,19)/t9-,10?,11-/m1/s1. The van der Waals surface area contributed by atoms with Crippen molar-refractivity contribution in [2.24, 2.45) is 0 Å². The van der Waals surface area contributed by atoms with Crippen LogP contribution in [0, 0.1) is 0 Å². The van der Waals surface area contributed by atoms with Gasteiger partial charge < -0.3 is 25.2 Å². The molecule has 3 atom stereocenters. The molecule has 2 aliphatic rings. The number of carbonyl (C=O) groups is 2. The molecule has 2 fully saturated rings. The third-order valence-electron chi connectivity index (χ3n) is 3.98. The van der Waals surface area contributed by atoms with Crippen LogP contribution < -0.4 is 5.32 Å². The summed E-state index contributed by atoms with van der Waals surface area (Å²) in [5.41, 5.74) is 0. The molecule has 2 amide bonds. The first kappa shape index (κ1) is 16.0. The molecular weight excluding hydrogens is 278 g/mol. The second-order valence-electron chi connectivity index (χ2n) is 5.47. The lowest BCUT2D eigenvalue weighted by Crippen LogP contribution is -2.51. The number of ether oxygens (including phenoxy) is 1. The molecule has 0 aliphatic carbocycles. The first-order valence-corrected chi connectivity index (χ1v) is 7.30. The van der Waals surface area contributed by atoms with Gasteiger partial charge in [-0.3, -0.25) is 4.90 Å². The van der Waals surface area contributed by atoms with E-state index in [1.165, 1.54) is 4.90 Å². The van der Waals surface area contributed by atoms with Crippen molar-refractivity contribution in [3.63, 3.8) is 0 Å². The van der Waals surface area contributed by atoms with Crippen LogP contribution in [0.4, 0.5) is 4.79 Å². The van der Waals surface area contributed by atoms with Crippen LogP contribution in [0.15, 0.2) is 0 Å². The zero-order chi connectivity index (χ0) is 15.4. The molecule has 2 rings (SSSR count). The maximum Gasteiger partial charge on any atom is 0.326 e. The summed E-state index contributed by atoms with van der Waals surface area (Å²) in [6.45, 7) is 5.68. The van der Waals surface area contributed by atoms with E-state index in [0.717, 1.165) is 19.6 Å². The summed E-state index contributed by atoms with van der Waals surface area (Å²) in [5, 5.41) is 21.3. The highest BCUT2D eigenvalue weighted by molar-refractivity contribution is 5.83. The number of hydrogen-bond acceptors (Lipinski definition) is 5. The number of nitrogens with one attached hydrogen (secondary N) is 1. The van der Waals surface area contributed by atoms with Gasteiger partial charge in [0.15, 0.2) is 0 Å². The van der Waals surface area contributed by atoms with Gasteiger partial charge in [0, 0.05) is 32.6 Å². The van der Waals surface area contributed by atoms with Gasteiger partial charge in [0.05, 0.1) is 18.8 Å². The fourth-order valence-corrected chi connectivity index (χ4v) is 2.77. The van der Waals surface area contributed by atoms with Gasteiger partial charge in [-0.15, -0.1) is 0 Å². The summed E-state index contributed by atoms with van der Waals surface area (Å²) in [7, 11) is 0. The molecule has 0 bridgehead atoms. The number of carboxylic acids is 1. The van der Waals surface area contributed by atoms with Crippen molar-refractivity contribution < 1.29 is 24.5 Å². The molecule has 0 aromatic carbocycles. The number of aliphatic carboxylic acids is 1. The summed E-state index contributed by atoms with van der Waals surface area (Å²) in [6.07, 6.45) is -0.788. The van der Waals surface area contributed by atoms with E-state index in [1.54, 1.807) is 0 Å². The Morgan fingerprint density at radius 1 is 1.38 bits per heavy atom. The maximum atomic E-state index is 12.1. The molecule has 1 unspecified atom stereocenters. The zero-order valence-electron chi connectivity index (χ0n) is 12.2. The Balaban J connectivity index is 1.82. The third kappa shape index (κ3) is 4.05. The number of morpholine rings is 1. The van der Waals surface area contributed by atoms with Gasteiger partial charge in [0.2, 0.25) is 0 Å². The molecule has 2 heterocycles. The molecule has 0 spiro atoms. The van der Waals surface area contributed by atoms with Gasteiger partial charge in [-0.1, -0.05) is 6.92 Å².